The molecule has 4 heteroatoms. The highest BCUT2D eigenvalue weighted by Gasteiger charge is 2.20. The zero-order valence-electron chi connectivity index (χ0n) is 12.5. The minimum atomic E-state index is 0.698. The van der Waals surface area contributed by atoms with E-state index in [4.69, 9.17) is 0 Å². The third kappa shape index (κ3) is 3.07. The fraction of sp³-hybridized carbons (Fsp3) is 0.500. The van der Waals surface area contributed by atoms with Crippen LogP contribution in [0.5, 0.6) is 0 Å². The first-order valence-electron chi connectivity index (χ1n) is 7.30. The van der Waals surface area contributed by atoms with Crippen LogP contribution in [0.3, 0.4) is 0 Å². The molecule has 0 saturated heterocycles. The van der Waals surface area contributed by atoms with E-state index in [9.17, 15) is 0 Å². The predicted molar refractivity (Wildman–Crippen MR) is 79.6 cm³/mol. The molecule has 0 unspecified atom stereocenters. The van der Waals surface area contributed by atoms with Crippen LogP contribution in [0.2, 0.25) is 0 Å². The van der Waals surface area contributed by atoms with Crippen molar-refractivity contribution in [3.63, 3.8) is 0 Å². The molecule has 0 aliphatic heterocycles. The summed E-state index contributed by atoms with van der Waals surface area (Å²) >= 11 is 0. The first kappa shape index (κ1) is 13.3. The highest BCUT2D eigenvalue weighted by Crippen LogP contribution is 2.19. The molecule has 2 aromatic rings. The zero-order valence-corrected chi connectivity index (χ0v) is 12.5. The van der Waals surface area contributed by atoms with Gasteiger partial charge in [-0.15, -0.1) is 0 Å². The van der Waals surface area contributed by atoms with E-state index in [1.54, 1.807) is 0 Å². The molecule has 1 heterocycles. The Morgan fingerprint density at radius 1 is 1.20 bits per heavy atom. The Labute approximate surface area is 120 Å². The molecule has 0 radical (unpaired) electrons. The van der Waals surface area contributed by atoms with Crippen molar-refractivity contribution < 1.29 is 0 Å². The summed E-state index contributed by atoms with van der Waals surface area (Å²) < 4.78 is 1.94. The Morgan fingerprint density at radius 2 is 1.90 bits per heavy atom. The van der Waals surface area contributed by atoms with E-state index in [2.05, 4.69) is 48.3 Å². The van der Waals surface area contributed by atoms with Crippen LogP contribution in [-0.4, -0.2) is 20.8 Å². The minimum Gasteiger partial charge on any atom is -0.307 e. The fourth-order valence-electron chi connectivity index (χ4n) is 2.63. The van der Waals surface area contributed by atoms with Crippen molar-refractivity contribution in [1.82, 2.24) is 20.1 Å². The van der Waals surface area contributed by atoms with Crippen LogP contribution in [-0.2, 0) is 13.1 Å². The maximum absolute atomic E-state index is 4.55. The van der Waals surface area contributed by atoms with Crippen molar-refractivity contribution in [3.8, 4) is 0 Å². The lowest BCUT2D eigenvalue weighted by molar-refractivity contribution is 0.626. The average Bonchev–Trinajstić information content (AvgIpc) is 3.11. The molecule has 1 aromatic carbocycles. The smallest absolute Gasteiger partial charge is 0.164 e. The minimum absolute atomic E-state index is 0.698. The van der Waals surface area contributed by atoms with E-state index >= 15 is 0 Å². The normalized spacial score (nSPS) is 14.8. The van der Waals surface area contributed by atoms with Gasteiger partial charge in [-0.3, -0.25) is 0 Å². The molecule has 0 spiro atoms. The van der Waals surface area contributed by atoms with Crippen molar-refractivity contribution in [2.24, 2.45) is 0 Å². The summed E-state index contributed by atoms with van der Waals surface area (Å²) in [7, 11) is 0. The summed E-state index contributed by atoms with van der Waals surface area (Å²) in [6, 6.07) is 5.16. The largest absolute Gasteiger partial charge is 0.307 e. The van der Waals surface area contributed by atoms with Gasteiger partial charge in [0.05, 0.1) is 13.1 Å². The van der Waals surface area contributed by atoms with Crippen molar-refractivity contribution in [1.29, 1.82) is 0 Å². The van der Waals surface area contributed by atoms with Gasteiger partial charge in [0.15, 0.2) is 5.82 Å². The quantitative estimate of drug-likeness (QED) is 0.907. The topological polar surface area (TPSA) is 42.7 Å². The summed E-state index contributed by atoms with van der Waals surface area (Å²) in [4.78, 5) is 4.38. The molecule has 20 heavy (non-hydrogen) atoms. The Morgan fingerprint density at radius 3 is 2.55 bits per heavy atom. The Balaban J connectivity index is 1.70. The van der Waals surface area contributed by atoms with E-state index in [0.717, 1.165) is 18.9 Å². The van der Waals surface area contributed by atoms with Crippen molar-refractivity contribution >= 4 is 0 Å². The zero-order chi connectivity index (χ0) is 14.1. The van der Waals surface area contributed by atoms with Crippen LogP contribution in [0.1, 0.15) is 40.9 Å². The molecule has 1 aliphatic carbocycles. The number of benzene rings is 1. The maximum Gasteiger partial charge on any atom is 0.164 e. The number of aryl methyl sites for hydroxylation is 3. The van der Waals surface area contributed by atoms with Crippen LogP contribution in [0.15, 0.2) is 18.5 Å². The van der Waals surface area contributed by atoms with Crippen LogP contribution in [0.25, 0.3) is 0 Å². The molecule has 0 amide bonds. The van der Waals surface area contributed by atoms with E-state index in [0.29, 0.717) is 6.04 Å². The van der Waals surface area contributed by atoms with Crippen molar-refractivity contribution in [3.05, 3.63) is 46.5 Å². The fourth-order valence-corrected chi connectivity index (χ4v) is 2.63. The summed E-state index contributed by atoms with van der Waals surface area (Å²) in [6.07, 6.45) is 4.42. The van der Waals surface area contributed by atoms with Crippen LogP contribution in [0.4, 0.5) is 0 Å². The molecule has 0 bridgehead atoms. The van der Waals surface area contributed by atoms with Gasteiger partial charge in [0.25, 0.3) is 0 Å². The number of hydrogen-bond acceptors (Lipinski definition) is 3. The summed E-state index contributed by atoms with van der Waals surface area (Å²) in [5.41, 5.74) is 5.32. The number of hydrogen-bond donors (Lipinski definition) is 1. The molecule has 106 valence electrons. The number of nitrogens with one attached hydrogen (secondary N) is 1. The highest BCUT2D eigenvalue weighted by molar-refractivity contribution is 5.37. The average molecular weight is 270 g/mol. The lowest BCUT2D eigenvalue weighted by Gasteiger charge is -2.11. The van der Waals surface area contributed by atoms with Crippen LogP contribution >= 0.6 is 0 Å². The molecular formula is C16H22N4. The highest BCUT2D eigenvalue weighted by atomic mass is 15.3. The van der Waals surface area contributed by atoms with Gasteiger partial charge in [-0.1, -0.05) is 17.7 Å². The number of aromatic nitrogens is 3. The molecule has 1 aliphatic rings. The third-order valence-corrected chi connectivity index (χ3v) is 3.87. The number of rotatable bonds is 5. The molecule has 1 aromatic heterocycles. The second-order valence-corrected chi connectivity index (χ2v) is 5.89. The molecule has 1 saturated carbocycles. The first-order valence-corrected chi connectivity index (χ1v) is 7.30. The molecule has 0 atom stereocenters. The molecule has 1 fully saturated rings. The molecular weight excluding hydrogens is 248 g/mol. The van der Waals surface area contributed by atoms with Crippen LogP contribution in [0, 0.1) is 20.8 Å². The van der Waals surface area contributed by atoms with Crippen LogP contribution < -0.4 is 5.32 Å². The van der Waals surface area contributed by atoms with Gasteiger partial charge in [0.2, 0.25) is 0 Å². The van der Waals surface area contributed by atoms with Gasteiger partial charge in [0.1, 0.15) is 6.33 Å². The Hall–Kier alpha value is -1.68. The maximum atomic E-state index is 4.55. The van der Waals surface area contributed by atoms with Gasteiger partial charge in [-0.05, 0) is 50.3 Å². The van der Waals surface area contributed by atoms with Crippen molar-refractivity contribution in [2.75, 3.05) is 0 Å². The van der Waals surface area contributed by atoms with E-state index < -0.39 is 0 Å². The standard InChI is InChI=1S/C16H22N4/c1-11-6-12(2)15(13(3)7-11)9-20-10-18-16(19-20)8-17-14-4-5-14/h6-7,10,14,17H,4-5,8-9H2,1-3H3. The lowest BCUT2D eigenvalue weighted by atomic mass is 10.00. The summed E-state index contributed by atoms with van der Waals surface area (Å²) in [6.45, 7) is 8.06. The second-order valence-electron chi connectivity index (χ2n) is 5.89. The molecule has 3 rings (SSSR count). The summed E-state index contributed by atoms with van der Waals surface area (Å²) in [5, 5.41) is 7.99. The first-order chi connectivity index (χ1) is 9.61. The van der Waals surface area contributed by atoms with Gasteiger partial charge in [-0.2, -0.15) is 5.10 Å². The van der Waals surface area contributed by atoms with Crippen molar-refractivity contribution in [2.45, 2.75) is 52.7 Å². The Kier molecular flexibility index (Phi) is 3.57. The molecule has 4 nitrogen and oxygen atoms in total. The number of nitrogens with zero attached hydrogens (tertiary/aromatic N) is 3. The van der Waals surface area contributed by atoms with Gasteiger partial charge in [0, 0.05) is 6.04 Å². The predicted octanol–water partition coefficient (Wildman–Crippen LogP) is 2.50. The Bertz CT molecular complexity index is 588. The van der Waals surface area contributed by atoms with E-state index in [1.807, 2.05) is 11.0 Å². The van der Waals surface area contributed by atoms with Gasteiger partial charge < -0.3 is 5.32 Å². The lowest BCUT2D eigenvalue weighted by Crippen LogP contribution is -2.16. The summed E-state index contributed by atoms with van der Waals surface area (Å²) in [5.74, 6) is 0.888. The van der Waals surface area contributed by atoms with Gasteiger partial charge >= 0.3 is 0 Å². The monoisotopic (exact) mass is 270 g/mol. The van der Waals surface area contributed by atoms with E-state index in [-0.39, 0.29) is 0 Å². The van der Waals surface area contributed by atoms with E-state index in [1.165, 1.54) is 35.1 Å². The SMILES string of the molecule is Cc1cc(C)c(Cn2cnc(CNC3CC3)n2)c(C)c1. The second kappa shape index (κ2) is 5.37. The molecule has 1 N–H and O–H groups in total. The van der Waals surface area contributed by atoms with Gasteiger partial charge in [-0.25, -0.2) is 9.67 Å². The third-order valence-electron chi connectivity index (χ3n) is 3.87.